The van der Waals surface area contributed by atoms with E-state index in [2.05, 4.69) is 10.1 Å². The molecule has 0 saturated carbocycles. The van der Waals surface area contributed by atoms with Gasteiger partial charge in [-0.3, -0.25) is 0 Å². The summed E-state index contributed by atoms with van der Waals surface area (Å²) in [6.45, 7) is 0. The lowest BCUT2D eigenvalue weighted by atomic mass is 11.3. The molecule has 0 aromatic carbocycles. The molecule has 0 amide bonds. The van der Waals surface area contributed by atoms with E-state index < -0.39 is 0 Å². The molecule has 44 valence electrons. The highest BCUT2D eigenvalue weighted by Gasteiger charge is 1.85. The van der Waals surface area contributed by atoms with Crippen LogP contribution in [0.4, 0.5) is 0 Å². The first-order valence-corrected chi connectivity index (χ1v) is 4.51. The molecule has 0 spiro atoms. The SMILES string of the molecule is CS(=S)n1cncn1. The van der Waals surface area contributed by atoms with Gasteiger partial charge in [-0.2, -0.15) is 4.09 Å². The number of aromatic nitrogens is 3. The van der Waals surface area contributed by atoms with Crippen molar-refractivity contribution < 1.29 is 0 Å². The van der Waals surface area contributed by atoms with Crippen molar-refractivity contribution in [2.75, 3.05) is 6.26 Å². The normalized spacial score (nSPS) is 13.6. The Balaban J connectivity index is 2.93. The molecular weight excluding hydrogens is 142 g/mol. The maximum atomic E-state index is 4.89. The number of rotatable bonds is 1. The van der Waals surface area contributed by atoms with E-state index in [1.807, 2.05) is 6.26 Å². The maximum absolute atomic E-state index is 4.89. The summed E-state index contributed by atoms with van der Waals surface area (Å²) in [5.41, 5.74) is 0. The van der Waals surface area contributed by atoms with Crippen molar-refractivity contribution in [1.82, 2.24) is 14.2 Å². The van der Waals surface area contributed by atoms with Gasteiger partial charge < -0.3 is 0 Å². The van der Waals surface area contributed by atoms with Crippen LogP contribution < -0.4 is 0 Å². The summed E-state index contributed by atoms with van der Waals surface area (Å²) >= 11 is 4.89. The van der Waals surface area contributed by atoms with E-state index in [1.165, 1.54) is 6.33 Å². The summed E-state index contributed by atoms with van der Waals surface area (Å²) in [7, 11) is -0.221. The Kier molecular flexibility index (Phi) is 1.69. The predicted octanol–water partition coefficient (Wildman–Crippen LogP) is -0.249. The minimum absolute atomic E-state index is 0.221. The van der Waals surface area contributed by atoms with Crippen molar-refractivity contribution in [3.63, 3.8) is 0 Å². The molecule has 1 rings (SSSR count). The molecule has 0 aliphatic rings. The van der Waals surface area contributed by atoms with Crippen molar-refractivity contribution in [2.24, 2.45) is 0 Å². The maximum Gasteiger partial charge on any atom is 0.138 e. The van der Waals surface area contributed by atoms with Gasteiger partial charge >= 0.3 is 0 Å². The van der Waals surface area contributed by atoms with Crippen LogP contribution in [0.25, 0.3) is 0 Å². The molecule has 0 radical (unpaired) electrons. The minimum atomic E-state index is -0.221. The molecule has 1 unspecified atom stereocenters. The molecule has 1 heterocycles. The molecule has 0 N–H and O–H groups in total. The number of nitrogens with zero attached hydrogens (tertiary/aromatic N) is 3. The third-order valence-corrected chi connectivity index (χ3v) is 1.83. The van der Waals surface area contributed by atoms with Crippen molar-refractivity contribution in [3.8, 4) is 0 Å². The quantitative estimate of drug-likeness (QED) is 0.549. The second-order valence-electron chi connectivity index (χ2n) is 1.22. The van der Waals surface area contributed by atoms with Crippen LogP contribution in [0.3, 0.4) is 0 Å². The first kappa shape index (κ1) is 5.84. The van der Waals surface area contributed by atoms with E-state index in [1.54, 1.807) is 10.4 Å². The van der Waals surface area contributed by atoms with E-state index >= 15 is 0 Å². The van der Waals surface area contributed by atoms with Crippen LogP contribution in [0.5, 0.6) is 0 Å². The van der Waals surface area contributed by atoms with Crippen LogP contribution in [0, 0.1) is 0 Å². The molecule has 3 nitrogen and oxygen atoms in total. The highest BCUT2D eigenvalue weighted by atomic mass is 32.8. The molecule has 1 aromatic rings. The molecule has 5 heteroatoms. The Morgan fingerprint density at radius 1 is 1.75 bits per heavy atom. The smallest absolute Gasteiger partial charge is 0.138 e. The van der Waals surface area contributed by atoms with Gasteiger partial charge in [-0.25, -0.2) is 4.98 Å². The predicted molar refractivity (Wildman–Crippen MR) is 36.1 cm³/mol. The Morgan fingerprint density at radius 2 is 2.50 bits per heavy atom. The van der Waals surface area contributed by atoms with Crippen LogP contribution in [0.2, 0.25) is 0 Å². The van der Waals surface area contributed by atoms with Gasteiger partial charge in [0.2, 0.25) is 0 Å². The third kappa shape index (κ3) is 1.10. The first-order chi connectivity index (χ1) is 3.80. The molecule has 0 aliphatic heterocycles. The van der Waals surface area contributed by atoms with E-state index in [0.29, 0.717) is 0 Å². The van der Waals surface area contributed by atoms with Crippen LogP contribution >= 0.6 is 0 Å². The first-order valence-electron chi connectivity index (χ1n) is 1.99. The van der Waals surface area contributed by atoms with Crippen LogP contribution in [-0.4, -0.2) is 20.4 Å². The molecule has 0 fully saturated rings. The largest absolute Gasteiger partial charge is 0.222 e. The summed E-state index contributed by atoms with van der Waals surface area (Å²) in [6, 6.07) is 0. The van der Waals surface area contributed by atoms with Crippen molar-refractivity contribution in [3.05, 3.63) is 12.7 Å². The van der Waals surface area contributed by atoms with Crippen LogP contribution in [-0.2, 0) is 20.8 Å². The van der Waals surface area contributed by atoms with E-state index in [0.717, 1.165) is 0 Å². The lowest BCUT2D eigenvalue weighted by Crippen LogP contribution is -1.99. The van der Waals surface area contributed by atoms with Gasteiger partial charge in [0.25, 0.3) is 0 Å². The standard InChI is InChI=1S/C3H5N3S2/c1-8(7)6-3-4-2-5-6/h2-3H,1H3. The van der Waals surface area contributed by atoms with Gasteiger partial charge in [0.05, 0.1) is 0 Å². The van der Waals surface area contributed by atoms with E-state index in [4.69, 9.17) is 11.2 Å². The fourth-order valence-corrected chi connectivity index (χ4v) is 0.923. The second kappa shape index (κ2) is 2.32. The average molecular weight is 147 g/mol. The molecule has 8 heavy (non-hydrogen) atoms. The summed E-state index contributed by atoms with van der Waals surface area (Å²) in [4.78, 5) is 3.74. The van der Waals surface area contributed by atoms with Crippen molar-refractivity contribution in [2.45, 2.75) is 0 Å². The second-order valence-corrected chi connectivity index (χ2v) is 3.89. The Morgan fingerprint density at radius 3 is 2.75 bits per heavy atom. The Hall–Kier alpha value is -0.290. The Labute approximate surface area is 54.5 Å². The van der Waals surface area contributed by atoms with Gasteiger partial charge in [-0.05, 0) is 20.8 Å². The molecular formula is C3H5N3S2. The zero-order valence-electron chi connectivity index (χ0n) is 4.31. The minimum Gasteiger partial charge on any atom is -0.222 e. The van der Waals surface area contributed by atoms with Crippen molar-refractivity contribution in [1.29, 1.82) is 0 Å². The summed E-state index contributed by atoms with van der Waals surface area (Å²) < 4.78 is 1.65. The van der Waals surface area contributed by atoms with Gasteiger partial charge in [-0.1, -0.05) is 0 Å². The van der Waals surface area contributed by atoms with Crippen molar-refractivity contribution >= 4 is 20.8 Å². The zero-order valence-corrected chi connectivity index (χ0v) is 5.95. The third-order valence-electron chi connectivity index (χ3n) is 0.661. The Bertz CT molecular complexity index is 180. The molecule has 0 bridgehead atoms. The monoisotopic (exact) mass is 147 g/mol. The van der Waals surface area contributed by atoms with Gasteiger partial charge in [0.1, 0.15) is 12.7 Å². The number of hydrogen-bond acceptors (Lipinski definition) is 3. The summed E-state index contributed by atoms with van der Waals surface area (Å²) in [5.74, 6) is 0. The van der Waals surface area contributed by atoms with E-state index in [-0.39, 0.29) is 9.64 Å². The molecule has 0 saturated heterocycles. The summed E-state index contributed by atoms with van der Waals surface area (Å²) in [6.07, 6.45) is 5.01. The van der Waals surface area contributed by atoms with Gasteiger partial charge in [0.15, 0.2) is 0 Å². The summed E-state index contributed by atoms with van der Waals surface area (Å²) in [5, 5.41) is 3.83. The van der Waals surface area contributed by atoms with Crippen LogP contribution in [0.15, 0.2) is 12.7 Å². The van der Waals surface area contributed by atoms with Crippen LogP contribution in [0.1, 0.15) is 0 Å². The van der Waals surface area contributed by atoms with Gasteiger partial charge in [-0.15, -0.1) is 5.10 Å². The average Bonchev–Trinajstić information content (AvgIpc) is 2.12. The molecule has 1 atom stereocenters. The lowest BCUT2D eigenvalue weighted by molar-refractivity contribution is 1.01. The molecule has 0 aliphatic carbocycles. The number of hydrogen-bond donors (Lipinski definition) is 0. The lowest BCUT2D eigenvalue weighted by Gasteiger charge is -1.91. The molecule has 1 aromatic heterocycles. The highest BCUT2D eigenvalue weighted by Crippen LogP contribution is 1.79. The fraction of sp³-hybridized carbons (Fsp3) is 0.333. The fourth-order valence-electron chi connectivity index (χ4n) is 0.330. The highest BCUT2D eigenvalue weighted by molar-refractivity contribution is 8.27. The topological polar surface area (TPSA) is 30.7 Å². The van der Waals surface area contributed by atoms with E-state index in [9.17, 15) is 0 Å². The van der Waals surface area contributed by atoms with Gasteiger partial charge in [0, 0.05) is 6.26 Å². The zero-order chi connectivity index (χ0) is 5.98.